The number of rotatable bonds is 5. The van der Waals surface area contributed by atoms with Crippen LogP contribution in [0.25, 0.3) is 21.3 Å². The lowest BCUT2D eigenvalue weighted by Gasteiger charge is -2.10. The molecule has 136 valence electrons. The summed E-state index contributed by atoms with van der Waals surface area (Å²) < 4.78 is 5.28. The van der Waals surface area contributed by atoms with Crippen molar-refractivity contribution >= 4 is 33.1 Å². The molecule has 0 bridgehead atoms. The molecule has 0 spiro atoms. The van der Waals surface area contributed by atoms with Gasteiger partial charge in [0.2, 0.25) is 0 Å². The smallest absolute Gasteiger partial charge is 0.143 e. The van der Waals surface area contributed by atoms with Crippen LogP contribution in [-0.4, -0.2) is 17.1 Å². The molecule has 0 saturated heterocycles. The van der Waals surface area contributed by atoms with Crippen molar-refractivity contribution in [2.24, 2.45) is 0 Å². The molecule has 4 nitrogen and oxygen atoms in total. The Labute approximate surface area is 162 Å². The molecular formula is C22H21N3OS. The van der Waals surface area contributed by atoms with E-state index in [0.29, 0.717) is 0 Å². The number of fused-ring (bicyclic) bond motifs is 1. The molecule has 2 aromatic carbocycles. The molecule has 2 heterocycles. The monoisotopic (exact) mass is 375 g/mol. The number of benzene rings is 2. The fraction of sp³-hybridized carbons (Fsp3) is 0.182. The minimum atomic E-state index is 0.762. The Morgan fingerprint density at radius 2 is 1.74 bits per heavy atom. The Balaban J connectivity index is 1.79. The number of hydrogen-bond donors (Lipinski definition) is 1. The Morgan fingerprint density at radius 1 is 1.00 bits per heavy atom. The van der Waals surface area contributed by atoms with Gasteiger partial charge in [-0.05, 0) is 48.7 Å². The van der Waals surface area contributed by atoms with Gasteiger partial charge >= 0.3 is 0 Å². The zero-order chi connectivity index (χ0) is 18.8. The average molecular weight is 375 g/mol. The van der Waals surface area contributed by atoms with E-state index in [0.717, 1.165) is 50.8 Å². The summed E-state index contributed by atoms with van der Waals surface area (Å²) in [6, 6.07) is 16.6. The Hall–Kier alpha value is -2.92. The van der Waals surface area contributed by atoms with E-state index >= 15 is 0 Å². The highest BCUT2D eigenvalue weighted by Crippen LogP contribution is 2.38. The van der Waals surface area contributed by atoms with Crippen LogP contribution in [0.3, 0.4) is 0 Å². The molecule has 0 amide bonds. The number of anilines is 2. The number of hydrogen-bond acceptors (Lipinski definition) is 5. The molecule has 0 aliphatic carbocycles. The predicted molar refractivity (Wildman–Crippen MR) is 113 cm³/mol. The van der Waals surface area contributed by atoms with E-state index in [-0.39, 0.29) is 0 Å². The summed E-state index contributed by atoms with van der Waals surface area (Å²) in [5, 5.41) is 6.68. The van der Waals surface area contributed by atoms with Crippen LogP contribution in [0, 0.1) is 6.92 Å². The summed E-state index contributed by atoms with van der Waals surface area (Å²) in [5.41, 5.74) is 4.60. The molecule has 0 unspecified atom stereocenters. The normalized spacial score (nSPS) is 10.9. The van der Waals surface area contributed by atoms with Gasteiger partial charge in [-0.25, -0.2) is 9.97 Å². The van der Waals surface area contributed by atoms with Crippen LogP contribution in [0.5, 0.6) is 5.75 Å². The van der Waals surface area contributed by atoms with Crippen LogP contribution in [-0.2, 0) is 6.42 Å². The van der Waals surface area contributed by atoms with Gasteiger partial charge < -0.3 is 10.1 Å². The second-order valence-corrected chi connectivity index (χ2v) is 7.21. The van der Waals surface area contributed by atoms with Gasteiger partial charge in [0, 0.05) is 16.6 Å². The quantitative estimate of drug-likeness (QED) is 0.466. The van der Waals surface area contributed by atoms with Crippen LogP contribution in [0.2, 0.25) is 0 Å². The number of methoxy groups -OCH3 is 1. The lowest BCUT2D eigenvalue weighted by atomic mass is 10.1. The molecule has 27 heavy (non-hydrogen) atoms. The Kier molecular flexibility index (Phi) is 4.77. The zero-order valence-electron chi connectivity index (χ0n) is 15.6. The van der Waals surface area contributed by atoms with E-state index in [1.807, 2.05) is 19.1 Å². The van der Waals surface area contributed by atoms with Crippen LogP contribution in [0.1, 0.15) is 18.3 Å². The summed E-state index contributed by atoms with van der Waals surface area (Å²) in [6.45, 7) is 4.09. The van der Waals surface area contributed by atoms with Crippen molar-refractivity contribution in [3.8, 4) is 16.9 Å². The SMILES string of the molecule is CCc1ccc(Nc2nc(C)nc3scc(-c4ccc(OC)cc4)c23)cc1. The Bertz CT molecular complexity index is 1070. The summed E-state index contributed by atoms with van der Waals surface area (Å²) in [4.78, 5) is 10.3. The first-order chi connectivity index (χ1) is 13.2. The molecule has 0 radical (unpaired) electrons. The van der Waals surface area contributed by atoms with E-state index in [1.54, 1.807) is 18.4 Å². The number of aryl methyl sites for hydroxylation is 2. The molecule has 4 aromatic rings. The van der Waals surface area contributed by atoms with Gasteiger partial charge in [0.05, 0.1) is 12.5 Å². The number of ether oxygens (including phenoxy) is 1. The predicted octanol–water partition coefficient (Wildman–Crippen LogP) is 5.98. The third-order valence-corrected chi connectivity index (χ3v) is 5.44. The van der Waals surface area contributed by atoms with Crippen molar-refractivity contribution in [1.29, 1.82) is 0 Å². The number of nitrogens with zero attached hydrogens (tertiary/aromatic N) is 2. The molecule has 0 aliphatic heterocycles. The Morgan fingerprint density at radius 3 is 2.41 bits per heavy atom. The first-order valence-corrected chi connectivity index (χ1v) is 9.82. The van der Waals surface area contributed by atoms with Gasteiger partial charge in [0.1, 0.15) is 22.2 Å². The van der Waals surface area contributed by atoms with Crippen molar-refractivity contribution in [3.63, 3.8) is 0 Å². The summed E-state index contributed by atoms with van der Waals surface area (Å²) in [6.07, 6.45) is 1.03. The van der Waals surface area contributed by atoms with Crippen molar-refractivity contribution in [1.82, 2.24) is 9.97 Å². The van der Waals surface area contributed by atoms with Crippen molar-refractivity contribution in [2.75, 3.05) is 12.4 Å². The second kappa shape index (κ2) is 7.37. The standard InChI is InChI=1S/C22H21N3OS/c1-4-15-5-9-17(10-6-15)25-21-20-19(13-27-22(20)24-14(2)23-21)16-7-11-18(26-3)12-8-16/h5-13H,4H2,1-3H3,(H,23,24,25). The van der Waals surface area contributed by atoms with Crippen molar-refractivity contribution in [3.05, 3.63) is 65.3 Å². The minimum Gasteiger partial charge on any atom is -0.497 e. The first-order valence-electron chi connectivity index (χ1n) is 8.94. The molecule has 0 fully saturated rings. The fourth-order valence-corrected chi connectivity index (χ4v) is 4.08. The molecule has 2 aromatic heterocycles. The third kappa shape index (κ3) is 3.51. The van der Waals surface area contributed by atoms with Crippen molar-refractivity contribution in [2.45, 2.75) is 20.3 Å². The highest BCUT2D eigenvalue weighted by Gasteiger charge is 2.15. The van der Waals surface area contributed by atoms with Crippen LogP contribution in [0.4, 0.5) is 11.5 Å². The summed E-state index contributed by atoms with van der Waals surface area (Å²) in [7, 11) is 1.68. The third-order valence-electron chi connectivity index (χ3n) is 4.57. The number of nitrogens with one attached hydrogen (secondary N) is 1. The van der Waals surface area contributed by atoms with Gasteiger partial charge in [0.25, 0.3) is 0 Å². The second-order valence-electron chi connectivity index (χ2n) is 6.35. The highest BCUT2D eigenvalue weighted by atomic mass is 32.1. The largest absolute Gasteiger partial charge is 0.497 e. The van der Waals surface area contributed by atoms with Crippen molar-refractivity contribution < 1.29 is 4.74 Å². The number of thiophene rings is 1. The number of aromatic nitrogens is 2. The van der Waals surface area contributed by atoms with E-state index in [9.17, 15) is 0 Å². The van der Waals surface area contributed by atoms with Crippen LogP contribution >= 0.6 is 11.3 Å². The van der Waals surface area contributed by atoms with Gasteiger partial charge in [0.15, 0.2) is 0 Å². The topological polar surface area (TPSA) is 47.0 Å². The molecule has 1 N–H and O–H groups in total. The van der Waals surface area contributed by atoms with Gasteiger partial charge in [-0.2, -0.15) is 0 Å². The summed E-state index contributed by atoms with van der Waals surface area (Å²) in [5.74, 6) is 2.45. The van der Waals surface area contributed by atoms with Crippen LogP contribution < -0.4 is 10.1 Å². The molecule has 4 rings (SSSR count). The molecule has 0 atom stereocenters. The minimum absolute atomic E-state index is 0.762. The maximum atomic E-state index is 5.28. The van der Waals surface area contributed by atoms with E-state index in [4.69, 9.17) is 9.72 Å². The highest BCUT2D eigenvalue weighted by molar-refractivity contribution is 7.17. The lowest BCUT2D eigenvalue weighted by molar-refractivity contribution is 0.415. The summed E-state index contributed by atoms with van der Waals surface area (Å²) >= 11 is 1.64. The van der Waals surface area contributed by atoms with Gasteiger partial charge in [-0.1, -0.05) is 31.2 Å². The fourth-order valence-electron chi connectivity index (χ4n) is 3.08. The van der Waals surface area contributed by atoms with E-state index < -0.39 is 0 Å². The molecular weight excluding hydrogens is 354 g/mol. The van der Waals surface area contributed by atoms with Crippen LogP contribution in [0.15, 0.2) is 53.9 Å². The van der Waals surface area contributed by atoms with E-state index in [2.05, 4.69) is 59.0 Å². The molecule has 0 saturated carbocycles. The molecule has 5 heteroatoms. The maximum Gasteiger partial charge on any atom is 0.143 e. The zero-order valence-corrected chi connectivity index (χ0v) is 16.4. The van der Waals surface area contributed by atoms with Gasteiger partial charge in [-0.3, -0.25) is 0 Å². The maximum absolute atomic E-state index is 5.28. The van der Waals surface area contributed by atoms with Gasteiger partial charge in [-0.15, -0.1) is 11.3 Å². The average Bonchev–Trinajstić information content (AvgIpc) is 3.12. The molecule has 0 aliphatic rings. The lowest BCUT2D eigenvalue weighted by Crippen LogP contribution is -1.98. The first kappa shape index (κ1) is 17.5. The van der Waals surface area contributed by atoms with E-state index in [1.165, 1.54) is 5.56 Å².